The molecule has 0 unspecified atom stereocenters. The summed E-state index contributed by atoms with van der Waals surface area (Å²) in [4.78, 5) is 24.1. The molecule has 2 aromatic carbocycles. The average Bonchev–Trinajstić information content (AvgIpc) is 2.72. The molecule has 1 amide bonds. The molecule has 0 aliphatic heterocycles. The van der Waals surface area contributed by atoms with Crippen LogP contribution in [0.15, 0.2) is 48.5 Å². The van der Waals surface area contributed by atoms with Crippen LogP contribution in [0.3, 0.4) is 0 Å². The molecule has 0 aliphatic rings. The van der Waals surface area contributed by atoms with Crippen molar-refractivity contribution in [2.24, 2.45) is 0 Å². The third kappa shape index (κ3) is 5.61. The van der Waals surface area contributed by atoms with Crippen molar-refractivity contribution in [2.45, 2.75) is 13.0 Å². The van der Waals surface area contributed by atoms with Crippen LogP contribution in [0.4, 0.5) is 5.69 Å². The maximum absolute atomic E-state index is 12.1. The second kappa shape index (κ2) is 9.78. The maximum Gasteiger partial charge on any atom is 0.331 e. The summed E-state index contributed by atoms with van der Waals surface area (Å²) in [7, 11) is 3.06. The van der Waals surface area contributed by atoms with Gasteiger partial charge in [-0.2, -0.15) is 5.26 Å². The lowest BCUT2D eigenvalue weighted by Gasteiger charge is -2.12. The van der Waals surface area contributed by atoms with Gasteiger partial charge in [0.2, 0.25) is 0 Å². The number of amides is 1. The summed E-state index contributed by atoms with van der Waals surface area (Å²) in [5.41, 5.74) is 1.65. The summed E-state index contributed by atoms with van der Waals surface area (Å²) < 4.78 is 15.5. The first kappa shape index (κ1) is 20.5. The zero-order chi connectivity index (χ0) is 20.5. The van der Waals surface area contributed by atoms with Crippen molar-refractivity contribution in [2.75, 3.05) is 19.5 Å². The third-order valence-electron chi connectivity index (χ3n) is 3.78. The standard InChI is InChI=1S/C21H20N2O5/c1-14(21(25)23-17-8-4-15(13-22)5-9-17)28-20(24)11-7-16-6-10-18(26-2)12-19(16)27-3/h4-12,14H,1-3H3,(H,23,25)/b11-7+/t14-/m1/s1. The van der Waals surface area contributed by atoms with Crippen LogP contribution in [0.1, 0.15) is 18.1 Å². The Bertz CT molecular complexity index is 913. The van der Waals surface area contributed by atoms with Crippen LogP contribution in [-0.2, 0) is 14.3 Å². The number of carbonyl (C=O) groups excluding carboxylic acids is 2. The van der Waals surface area contributed by atoms with E-state index in [0.717, 1.165) is 0 Å². The van der Waals surface area contributed by atoms with E-state index in [2.05, 4.69) is 5.32 Å². The molecule has 0 aromatic heterocycles. The van der Waals surface area contributed by atoms with Crippen LogP contribution in [0.25, 0.3) is 6.08 Å². The molecule has 0 saturated carbocycles. The number of nitrogens with zero attached hydrogens (tertiary/aromatic N) is 1. The van der Waals surface area contributed by atoms with Gasteiger partial charge in [-0.1, -0.05) is 0 Å². The molecule has 1 atom stereocenters. The van der Waals surface area contributed by atoms with E-state index >= 15 is 0 Å². The fourth-order valence-corrected chi connectivity index (χ4v) is 2.25. The number of nitriles is 1. The van der Waals surface area contributed by atoms with Gasteiger partial charge in [-0.05, 0) is 49.4 Å². The predicted octanol–water partition coefficient (Wildman–Crippen LogP) is 3.16. The molecule has 0 aliphatic carbocycles. The Labute approximate surface area is 163 Å². The molecule has 0 bridgehead atoms. The number of methoxy groups -OCH3 is 2. The Morgan fingerprint density at radius 1 is 1.11 bits per heavy atom. The van der Waals surface area contributed by atoms with Gasteiger partial charge in [-0.15, -0.1) is 0 Å². The van der Waals surface area contributed by atoms with Crippen molar-refractivity contribution in [3.05, 3.63) is 59.7 Å². The molecule has 144 valence electrons. The summed E-state index contributed by atoms with van der Waals surface area (Å²) in [5, 5.41) is 11.4. The van der Waals surface area contributed by atoms with E-state index in [9.17, 15) is 9.59 Å². The Morgan fingerprint density at radius 3 is 2.43 bits per heavy atom. The number of carbonyl (C=O) groups is 2. The highest BCUT2D eigenvalue weighted by Crippen LogP contribution is 2.25. The molecule has 0 fully saturated rings. The number of hydrogen-bond donors (Lipinski definition) is 1. The Balaban J connectivity index is 1.95. The minimum Gasteiger partial charge on any atom is -0.497 e. The summed E-state index contributed by atoms with van der Waals surface area (Å²) in [6.45, 7) is 1.47. The lowest BCUT2D eigenvalue weighted by Crippen LogP contribution is -2.29. The number of esters is 1. The smallest absolute Gasteiger partial charge is 0.331 e. The van der Waals surface area contributed by atoms with Gasteiger partial charge in [0.25, 0.3) is 5.91 Å². The highest BCUT2D eigenvalue weighted by atomic mass is 16.5. The molecule has 7 heteroatoms. The second-order valence-corrected chi connectivity index (χ2v) is 5.70. The second-order valence-electron chi connectivity index (χ2n) is 5.70. The molecule has 0 heterocycles. The van der Waals surface area contributed by atoms with E-state index in [1.54, 1.807) is 49.6 Å². The zero-order valence-electron chi connectivity index (χ0n) is 15.8. The van der Waals surface area contributed by atoms with Crippen LogP contribution < -0.4 is 14.8 Å². The van der Waals surface area contributed by atoms with Gasteiger partial charge in [-0.25, -0.2) is 4.79 Å². The fourth-order valence-electron chi connectivity index (χ4n) is 2.25. The number of benzene rings is 2. The first-order valence-electron chi connectivity index (χ1n) is 8.38. The van der Waals surface area contributed by atoms with E-state index in [4.69, 9.17) is 19.5 Å². The van der Waals surface area contributed by atoms with E-state index in [1.165, 1.54) is 26.2 Å². The van der Waals surface area contributed by atoms with Crippen LogP contribution in [-0.4, -0.2) is 32.2 Å². The van der Waals surface area contributed by atoms with Crippen LogP contribution in [0.2, 0.25) is 0 Å². The van der Waals surface area contributed by atoms with Gasteiger partial charge in [0.15, 0.2) is 6.10 Å². The van der Waals surface area contributed by atoms with Gasteiger partial charge in [0.1, 0.15) is 11.5 Å². The summed E-state index contributed by atoms with van der Waals surface area (Å²) in [6.07, 6.45) is 1.76. The van der Waals surface area contributed by atoms with Crippen molar-refractivity contribution in [3.8, 4) is 17.6 Å². The van der Waals surface area contributed by atoms with E-state index < -0.39 is 18.0 Å². The molecule has 0 spiro atoms. The van der Waals surface area contributed by atoms with Gasteiger partial charge in [0, 0.05) is 23.4 Å². The van der Waals surface area contributed by atoms with E-state index in [-0.39, 0.29) is 0 Å². The molecular weight excluding hydrogens is 360 g/mol. The topological polar surface area (TPSA) is 97.6 Å². The molecule has 1 N–H and O–H groups in total. The molecule has 7 nitrogen and oxygen atoms in total. The first-order chi connectivity index (χ1) is 13.5. The van der Waals surface area contributed by atoms with Crippen LogP contribution in [0.5, 0.6) is 11.5 Å². The molecular formula is C21H20N2O5. The van der Waals surface area contributed by atoms with Crippen molar-refractivity contribution in [1.82, 2.24) is 0 Å². The average molecular weight is 380 g/mol. The number of anilines is 1. The first-order valence-corrected chi connectivity index (χ1v) is 8.38. The largest absolute Gasteiger partial charge is 0.497 e. The maximum atomic E-state index is 12.1. The summed E-state index contributed by atoms with van der Waals surface area (Å²) in [6, 6.07) is 13.5. The monoisotopic (exact) mass is 380 g/mol. The highest BCUT2D eigenvalue weighted by molar-refractivity contribution is 5.96. The Kier molecular flexibility index (Phi) is 7.17. The molecule has 2 aromatic rings. The lowest BCUT2D eigenvalue weighted by atomic mass is 10.1. The van der Waals surface area contributed by atoms with E-state index in [1.807, 2.05) is 6.07 Å². The number of rotatable bonds is 7. The van der Waals surface area contributed by atoms with Crippen molar-refractivity contribution in [1.29, 1.82) is 5.26 Å². The SMILES string of the molecule is COc1ccc(/C=C/C(=O)O[C@H](C)C(=O)Nc2ccc(C#N)cc2)c(OC)c1. The summed E-state index contributed by atoms with van der Waals surface area (Å²) in [5.74, 6) is 0.0218. The number of hydrogen-bond acceptors (Lipinski definition) is 6. The zero-order valence-corrected chi connectivity index (χ0v) is 15.8. The fraction of sp³-hybridized carbons (Fsp3) is 0.190. The normalized spacial score (nSPS) is 11.4. The van der Waals surface area contributed by atoms with Crippen molar-refractivity contribution >= 4 is 23.6 Å². The molecule has 0 saturated heterocycles. The van der Waals surface area contributed by atoms with Gasteiger partial charge < -0.3 is 19.5 Å². The third-order valence-corrected chi connectivity index (χ3v) is 3.78. The molecule has 0 radical (unpaired) electrons. The van der Waals surface area contributed by atoms with Crippen LogP contribution in [0, 0.1) is 11.3 Å². The van der Waals surface area contributed by atoms with Gasteiger partial charge in [-0.3, -0.25) is 4.79 Å². The number of nitrogens with one attached hydrogen (secondary N) is 1. The van der Waals surface area contributed by atoms with Gasteiger partial charge in [0.05, 0.1) is 25.9 Å². The number of ether oxygens (including phenoxy) is 3. The van der Waals surface area contributed by atoms with Crippen molar-refractivity contribution < 1.29 is 23.8 Å². The minimum atomic E-state index is -0.995. The van der Waals surface area contributed by atoms with Gasteiger partial charge >= 0.3 is 5.97 Å². The van der Waals surface area contributed by atoms with E-state index in [0.29, 0.717) is 28.3 Å². The molecule has 2 rings (SSSR count). The lowest BCUT2D eigenvalue weighted by molar-refractivity contribution is -0.148. The Hall–Kier alpha value is -3.79. The Morgan fingerprint density at radius 2 is 1.82 bits per heavy atom. The highest BCUT2D eigenvalue weighted by Gasteiger charge is 2.16. The van der Waals surface area contributed by atoms with Crippen LogP contribution >= 0.6 is 0 Å². The van der Waals surface area contributed by atoms with Crippen molar-refractivity contribution in [3.63, 3.8) is 0 Å². The quantitative estimate of drug-likeness (QED) is 0.585. The predicted molar refractivity (Wildman–Crippen MR) is 104 cm³/mol. The minimum absolute atomic E-state index is 0.478. The molecule has 28 heavy (non-hydrogen) atoms. The summed E-state index contributed by atoms with van der Waals surface area (Å²) >= 11 is 0.